The zero-order valence-corrected chi connectivity index (χ0v) is 11.8. The Kier molecular flexibility index (Phi) is 4.58. The van der Waals surface area contributed by atoms with E-state index in [-0.39, 0.29) is 17.2 Å². The smallest absolute Gasteiger partial charge is 0.220 e. The molecular weight excluding hydrogens is 238 g/mol. The molecule has 0 radical (unpaired) electrons. The van der Waals surface area contributed by atoms with Crippen LogP contribution in [0.25, 0.3) is 0 Å². The van der Waals surface area contributed by atoms with Crippen molar-refractivity contribution in [2.45, 2.75) is 40.0 Å². The molecule has 17 heavy (non-hydrogen) atoms. The Morgan fingerprint density at radius 1 is 1.35 bits per heavy atom. The minimum Gasteiger partial charge on any atom is -0.356 e. The molecular formula is C12H23NO3S. The maximum absolute atomic E-state index is 11.5. The lowest BCUT2D eigenvalue weighted by Crippen LogP contribution is -2.29. The van der Waals surface area contributed by atoms with Crippen LogP contribution in [-0.2, 0) is 14.6 Å². The van der Waals surface area contributed by atoms with Gasteiger partial charge in [-0.15, -0.1) is 0 Å². The van der Waals surface area contributed by atoms with Crippen LogP contribution >= 0.6 is 0 Å². The quantitative estimate of drug-likeness (QED) is 0.831. The Morgan fingerprint density at radius 3 is 2.47 bits per heavy atom. The van der Waals surface area contributed by atoms with Crippen molar-refractivity contribution in [2.24, 2.45) is 11.3 Å². The van der Waals surface area contributed by atoms with Crippen molar-refractivity contribution >= 4 is 15.7 Å². The van der Waals surface area contributed by atoms with Gasteiger partial charge in [0.05, 0.1) is 11.5 Å². The summed E-state index contributed by atoms with van der Waals surface area (Å²) in [6.07, 6.45) is 2.03. The molecule has 1 amide bonds. The third kappa shape index (κ3) is 6.05. The van der Waals surface area contributed by atoms with Crippen LogP contribution in [-0.4, -0.2) is 32.4 Å². The molecule has 5 heteroatoms. The molecule has 1 aliphatic rings. The minimum absolute atomic E-state index is 0.000775. The van der Waals surface area contributed by atoms with Crippen molar-refractivity contribution in [3.63, 3.8) is 0 Å². The Balaban J connectivity index is 2.19. The molecule has 100 valence electrons. The fourth-order valence-corrected chi connectivity index (χ4v) is 3.97. The van der Waals surface area contributed by atoms with Gasteiger partial charge in [0.2, 0.25) is 5.91 Å². The SMILES string of the molecule is CC(C)(C)CC(=O)NCCC1CCS(=O)(=O)C1. The molecule has 1 aliphatic heterocycles. The van der Waals surface area contributed by atoms with Crippen LogP contribution in [0, 0.1) is 11.3 Å². The van der Waals surface area contributed by atoms with Gasteiger partial charge in [0.15, 0.2) is 9.84 Å². The van der Waals surface area contributed by atoms with Crippen molar-refractivity contribution in [1.82, 2.24) is 5.32 Å². The molecule has 4 nitrogen and oxygen atoms in total. The summed E-state index contributed by atoms with van der Waals surface area (Å²) in [5, 5.41) is 2.86. The summed E-state index contributed by atoms with van der Waals surface area (Å²) in [5.41, 5.74) is 0.000775. The highest BCUT2D eigenvalue weighted by Gasteiger charge is 2.27. The van der Waals surface area contributed by atoms with E-state index in [0.717, 1.165) is 12.8 Å². The van der Waals surface area contributed by atoms with Crippen molar-refractivity contribution in [3.05, 3.63) is 0 Å². The molecule has 0 spiro atoms. The largest absolute Gasteiger partial charge is 0.356 e. The maximum atomic E-state index is 11.5. The van der Waals surface area contributed by atoms with Gasteiger partial charge < -0.3 is 5.32 Å². The van der Waals surface area contributed by atoms with Crippen LogP contribution in [0.1, 0.15) is 40.0 Å². The van der Waals surface area contributed by atoms with Gasteiger partial charge in [0.25, 0.3) is 0 Å². The van der Waals surface area contributed by atoms with Crippen molar-refractivity contribution in [3.8, 4) is 0 Å². The summed E-state index contributed by atoms with van der Waals surface area (Å²) in [7, 11) is -2.79. The average Bonchev–Trinajstić information content (AvgIpc) is 2.42. The summed E-state index contributed by atoms with van der Waals surface area (Å²) in [6, 6.07) is 0. The highest BCUT2D eigenvalue weighted by atomic mass is 32.2. The highest BCUT2D eigenvalue weighted by Crippen LogP contribution is 2.21. The summed E-state index contributed by atoms with van der Waals surface area (Å²) in [5.74, 6) is 0.892. The van der Waals surface area contributed by atoms with Crippen LogP contribution in [0.3, 0.4) is 0 Å². The van der Waals surface area contributed by atoms with Crippen LogP contribution in [0.4, 0.5) is 0 Å². The maximum Gasteiger partial charge on any atom is 0.220 e. The zero-order chi connectivity index (χ0) is 13.1. The summed E-state index contributed by atoms with van der Waals surface area (Å²) in [6.45, 7) is 6.66. The number of carbonyl (C=O) groups excluding carboxylic acids is 1. The van der Waals surface area contributed by atoms with E-state index in [2.05, 4.69) is 5.32 Å². The first-order valence-electron chi connectivity index (χ1n) is 6.15. The van der Waals surface area contributed by atoms with E-state index in [1.165, 1.54) is 0 Å². The normalized spacial score (nSPS) is 23.6. The van der Waals surface area contributed by atoms with E-state index in [1.54, 1.807) is 0 Å². The lowest BCUT2D eigenvalue weighted by atomic mass is 9.92. The Bertz CT molecular complexity index is 368. The van der Waals surface area contributed by atoms with Crippen LogP contribution in [0.2, 0.25) is 0 Å². The number of rotatable bonds is 4. The van der Waals surface area contributed by atoms with Gasteiger partial charge in [-0.05, 0) is 24.2 Å². The molecule has 1 N–H and O–H groups in total. The molecule has 1 saturated heterocycles. The van der Waals surface area contributed by atoms with E-state index >= 15 is 0 Å². The first-order chi connectivity index (χ1) is 7.68. The predicted molar refractivity (Wildman–Crippen MR) is 68.5 cm³/mol. The van der Waals surface area contributed by atoms with Gasteiger partial charge in [-0.2, -0.15) is 0 Å². The summed E-state index contributed by atoms with van der Waals surface area (Å²) < 4.78 is 22.5. The second-order valence-electron chi connectivity index (χ2n) is 6.15. The molecule has 0 aromatic rings. The third-order valence-electron chi connectivity index (χ3n) is 2.89. The minimum atomic E-state index is -2.79. The molecule has 1 fully saturated rings. The van der Waals surface area contributed by atoms with Gasteiger partial charge in [-0.25, -0.2) is 8.42 Å². The average molecular weight is 261 g/mol. The van der Waals surface area contributed by atoms with Crippen LogP contribution < -0.4 is 5.32 Å². The van der Waals surface area contributed by atoms with Crippen molar-refractivity contribution < 1.29 is 13.2 Å². The Morgan fingerprint density at radius 2 is 2.00 bits per heavy atom. The highest BCUT2D eigenvalue weighted by molar-refractivity contribution is 7.91. The number of hydrogen-bond donors (Lipinski definition) is 1. The summed E-state index contributed by atoms with van der Waals surface area (Å²) >= 11 is 0. The monoisotopic (exact) mass is 261 g/mol. The van der Waals surface area contributed by atoms with Crippen LogP contribution in [0.15, 0.2) is 0 Å². The number of sulfone groups is 1. The molecule has 1 rings (SSSR count). The van der Waals surface area contributed by atoms with Gasteiger partial charge >= 0.3 is 0 Å². The first kappa shape index (κ1) is 14.5. The van der Waals surface area contributed by atoms with Gasteiger partial charge in [0, 0.05) is 13.0 Å². The molecule has 1 heterocycles. The number of nitrogens with one attached hydrogen (secondary N) is 1. The number of hydrogen-bond acceptors (Lipinski definition) is 3. The lowest BCUT2D eigenvalue weighted by Gasteiger charge is -2.17. The van der Waals surface area contributed by atoms with E-state index in [9.17, 15) is 13.2 Å². The van der Waals surface area contributed by atoms with E-state index in [1.807, 2.05) is 20.8 Å². The molecule has 0 aliphatic carbocycles. The summed E-state index contributed by atoms with van der Waals surface area (Å²) in [4.78, 5) is 11.5. The first-order valence-corrected chi connectivity index (χ1v) is 7.97. The Labute approximate surface area is 104 Å². The van der Waals surface area contributed by atoms with E-state index in [0.29, 0.717) is 24.5 Å². The fourth-order valence-electron chi connectivity index (χ4n) is 2.06. The van der Waals surface area contributed by atoms with E-state index in [4.69, 9.17) is 0 Å². The molecule has 0 bridgehead atoms. The molecule has 0 aromatic heterocycles. The lowest BCUT2D eigenvalue weighted by molar-refractivity contribution is -0.122. The van der Waals surface area contributed by atoms with Crippen molar-refractivity contribution in [1.29, 1.82) is 0 Å². The molecule has 0 saturated carbocycles. The zero-order valence-electron chi connectivity index (χ0n) is 11.0. The van der Waals surface area contributed by atoms with E-state index < -0.39 is 9.84 Å². The fraction of sp³-hybridized carbons (Fsp3) is 0.917. The molecule has 1 atom stereocenters. The predicted octanol–water partition coefficient (Wildman–Crippen LogP) is 1.36. The van der Waals surface area contributed by atoms with Gasteiger partial charge in [-0.1, -0.05) is 20.8 Å². The topological polar surface area (TPSA) is 63.2 Å². The number of amides is 1. The second-order valence-corrected chi connectivity index (χ2v) is 8.37. The van der Waals surface area contributed by atoms with Gasteiger partial charge in [0.1, 0.15) is 0 Å². The van der Waals surface area contributed by atoms with Crippen molar-refractivity contribution in [2.75, 3.05) is 18.1 Å². The Hall–Kier alpha value is -0.580. The standard InChI is InChI=1S/C12H23NO3S/c1-12(2,3)8-11(14)13-6-4-10-5-7-17(15,16)9-10/h10H,4-9H2,1-3H3,(H,13,14). The second kappa shape index (κ2) is 5.38. The van der Waals surface area contributed by atoms with Gasteiger partial charge in [-0.3, -0.25) is 4.79 Å². The van der Waals surface area contributed by atoms with Crippen LogP contribution in [0.5, 0.6) is 0 Å². The molecule has 0 aromatic carbocycles. The third-order valence-corrected chi connectivity index (χ3v) is 4.73. The number of carbonyl (C=O) groups is 1. The molecule has 1 unspecified atom stereocenters.